The Bertz CT molecular complexity index is 513. The lowest BCUT2D eigenvalue weighted by atomic mass is 9.87. The predicted molar refractivity (Wildman–Crippen MR) is 84.9 cm³/mol. The molecular formula is C16H26N4O. The van der Waals surface area contributed by atoms with E-state index in [0.29, 0.717) is 11.4 Å². The van der Waals surface area contributed by atoms with Gasteiger partial charge in [0.15, 0.2) is 0 Å². The molecule has 0 spiro atoms. The van der Waals surface area contributed by atoms with Crippen molar-refractivity contribution in [3.8, 4) is 0 Å². The normalized spacial score (nSPS) is 20.3. The highest BCUT2D eigenvalue weighted by Gasteiger charge is 2.35. The zero-order valence-corrected chi connectivity index (χ0v) is 13.2. The van der Waals surface area contributed by atoms with E-state index in [0.717, 1.165) is 31.4 Å². The zero-order chi connectivity index (χ0) is 15.5. The number of pyridine rings is 1. The van der Waals surface area contributed by atoms with Crippen LogP contribution in [0.3, 0.4) is 0 Å². The summed E-state index contributed by atoms with van der Waals surface area (Å²) in [6, 6.07) is 3.81. The van der Waals surface area contributed by atoms with Crippen molar-refractivity contribution in [1.82, 2.24) is 10.3 Å². The molecule has 1 heterocycles. The second-order valence-corrected chi connectivity index (χ2v) is 6.53. The molecule has 0 aliphatic heterocycles. The Morgan fingerprint density at radius 1 is 1.48 bits per heavy atom. The number of aryl methyl sites for hydroxylation is 1. The summed E-state index contributed by atoms with van der Waals surface area (Å²) in [5.41, 5.74) is 4.23. The van der Waals surface area contributed by atoms with Gasteiger partial charge in [-0.25, -0.2) is 10.8 Å². The van der Waals surface area contributed by atoms with Crippen LogP contribution in [0.25, 0.3) is 0 Å². The van der Waals surface area contributed by atoms with E-state index < -0.39 is 0 Å². The third kappa shape index (κ3) is 3.73. The molecular weight excluding hydrogens is 264 g/mol. The first-order chi connectivity index (χ1) is 9.96. The maximum atomic E-state index is 12.5. The van der Waals surface area contributed by atoms with Crippen LogP contribution in [0.4, 0.5) is 5.82 Å². The van der Waals surface area contributed by atoms with Crippen LogP contribution in [0, 0.1) is 5.41 Å². The van der Waals surface area contributed by atoms with Crippen molar-refractivity contribution in [2.45, 2.75) is 58.9 Å². The third-order valence-electron chi connectivity index (χ3n) is 4.36. The van der Waals surface area contributed by atoms with E-state index in [1.807, 2.05) is 6.07 Å². The summed E-state index contributed by atoms with van der Waals surface area (Å²) in [5.74, 6) is 5.95. The number of nitrogens with one attached hydrogen (secondary N) is 2. The SMILES string of the molecule is CCCc1cc(C(=O)NC2CCCC2(C)C)cc(NN)n1. The van der Waals surface area contributed by atoms with E-state index >= 15 is 0 Å². The smallest absolute Gasteiger partial charge is 0.251 e. The monoisotopic (exact) mass is 290 g/mol. The van der Waals surface area contributed by atoms with E-state index in [4.69, 9.17) is 5.84 Å². The molecule has 1 fully saturated rings. The fourth-order valence-electron chi connectivity index (χ4n) is 3.01. The molecule has 1 atom stereocenters. The average Bonchev–Trinajstić information content (AvgIpc) is 2.77. The summed E-state index contributed by atoms with van der Waals surface area (Å²) >= 11 is 0. The summed E-state index contributed by atoms with van der Waals surface area (Å²) < 4.78 is 0. The highest BCUT2D eigenvalue weighted by molar-refractivity contribution is 5.95. The van der Waals surface area contributed by atoms with E-state index in [-0.39, 0.29) is 17.4 Å². The van der Waals surface area contributed by atoms with E-state index in [9.17, 15) is 4.79 Å². The molecule has 1 aliphatic rings. The maximum absolute atomic E-state index is 12.5. The van der Waals surface area contributed by atoms with Crippen LogP contribution >= 0.6 is 0 Å². The summed E-state index contributed by atoms with van der Waals surface area (Å²) in [7, 11) is 0. The molecule has 4 N–H and O–H groups in total. The number of anilines is 1. The lowest BCUT2D eigenvalue weighted by Gasteiger charge is -2.27. The van der Waals surface area contributed by atoms with Crippen LogP contribution < -0.4 is 16.6 Å². The lowest BCUT2D eigenvalue weighted by Crippen LogP contribution is -2.41. The molecule has 1 aliphatic carbocycles. The van der Waals surface area contributed by atoms with Crippen molar-refractivity contribution in [2.75, 3.05) is 5.43 Å². The number of hydrazine groups is 1. The molecule has 1 aromatic heterocycles. The first-order valence-corrected chi connectivity index (χ1v) is 7.74. The molecule has 1 unspecified atom stereocenters. The van der Waals surface area contributed by atoms with Gasteiger partial charge >= 0.3 is 0 Å². The lowest BCUT2D eigenvalue weighted by molar-refractivity contribution is 0.0910. The minimum absolute atomic E-state index is 0.0359. The number of hydrogen-bond acceptors (Lipinski definition) is 4. The van der Waals surface area contributed by atoms with Gasteiger partial charge in [0.1, 0.15) is 5.82 Å². The van der Waals surface area contributed by atoms with Crippen LogP contribution in [-0.4, -0.2) is 16.9 Å². The minimum atomic E-state index is -0.0359. The summed E-state index contributed by atoms with van der Waals surface area (Å²) in [4.78, 5) is 16.9. The quantitative estimate of drug-likeness (QED) is 0.575. The second kappa shape index (κ2) is 6.43. The Labute approximate surface area is 126 Å². The number of nitrogens with two attached hydrogens (primary N) is 1. The van der Waals surface area contributed by atoms with Crippen LogP contribution in [0.5, 0.6) is 0 Å². The Morgan fingerprint density at radius 3 is 2.81 bits per heavy atom. The van der Waals surface area contributed by atoms with Gasteiger partial charge in [-0.05, 0) is 36.8 Å². The molecule has 1 aromatic rings. The third-order valence-corrected chi connectivity index (χ3v) is 4.36. The van der Waals surface area contributed by atoms with E-state index in [1.165, 1.54) is 6.42 Å². The van der Waals surface area contributed by atoms with Crippen molar-refractivity contribution in [3.63, 3.8) is 0 Å². The van der Waals surface area contributed by atoms with Crippen molar-refractivity contribution in [1.29, 1.82) is 0 Å². The maximum Gasteiger partial charge on any atom is 0.251 e. The standard InChI is InChI=1S/C16H26N4O/c1-4-6-12-9-11(10-14(18-12)20-17)15(21)19-13-7-5-8-16(13,2)3/h9-10,13H,4-8,17H2,1-3H3,(H,18,20)(H,19,21). The van der Waals surface area contributed by atoms with Gasteiger partial charge in [-0.3, -0.25) is 4.79 Å². The van der Waals surface area contributed by atoms with Gasteiger partial charge < -0.3 is 10.7 Å². The number of hydrogen-bond donors (Lipinski definition) is 3. The molecule has 0 aromatic carbocycles. The van der Waals surface area contributed by atoms with Crippen molar-refractivity contribution >= 4 is 11.7 Å². The number of carbonyl (C=O) groups excluding carboxylic acids is 1. The Balaban J connectivity index is 2.16. The van der Waals surface area contributed by atoms with Gasteiger partial charge in [0, 0.05) is 17.3 Å². The number of rotatable bonds is 5. The summed E-state index contributed by atoms with van der Waals surface area (Å²) in [6.07, 6.45) is 5.20. The van der Waals surface area contributed by atoms with Crippen LogP contribution in [0.15, 0.2) is 12.1 Å². The summed E-state index contributed by atoms with van der Waals surface area (Å²) in [6.45, 7) is 6.52. The number of aromatic nitrogens is 1. The predicted octanol–water partition coefficient (Wildman–Crippen LogP) is 2.63. The van der Waals surface area contributed by atoms with E-state index in [1.54, 1.807) is 6.07 Å². The Hall–Kier alpha value is -1.62. The fraction of sp³-hybridized carbons (Fsp3) is 0.625. The summed E-state index contributed by atoms with van der Waals surface area (Å²) in [5, 5.41) is 3.17. The van der Waals surface area contributed by atoms with Crippen LogP contribution in [0.1, 0.15) is 62.5 Å². The topological polar surface area (TPSA) is 80.0 Å². The number of nitrogens with zero attached hydrogens (tertiary/aromatic N) is 1. The van der Waals surface area contributed by atoms with Gasteiger partial charge in [-0.15, -0.1) is 0 Å². The van der Waals surface area contributed by atoms with Crippen molar-refractivity contribution in [3.05, 3.63) is 23.4 Å². The largest absolute Gasteiger partial charge is 0.349 e. The molecule has 5 nitrogen and oxygen atoms in total. The zero-order valence-electron chi connectivity index (χ0n) is 13.2. The number of nitrogen functional groups attached to an aromatic ring is 1. The average molecular weight is 290 g/mol. The van der Waals surface area contributed by atoms with Gasteiger partial charge in [0.2, 0.25) is 0 Å². The van der Waals surface area contributed by atoms with Crippen LogP contribution in [-0.2, 0) is 6.42 Å². The molecule has 2 rings (SSSR count). The molecule has 5 heteroatoms. The van der Waals surface area contributed by atoms with Gasteiger partial charge in [-0.2, -0.15) is 0 Å². The number of amides is 1. The molecule has 0 radical (unpaired) electrons. The van der Waals surface area contributed by atoms with Gasteiger partial charge in [0.25, 0.3) is 5.91 Å². The molecule has 1 amide bonds. The van der Waals surface area contributed by atoms with Gasteiger partial charge in [0.05, 0.1) is 0 Å². The molecule has 21 heavy (non-hydrogen) atoms. The first-order valence-electron chi connectivity index (χ1n) is 7.74. The highest BCUT2D eigenvalue weighted by atomic mass is 16.1. The molecule has 0 saturated heterocycles. The van der Waals surface area contributed by atoms with E-state index in [2.05, 4.69) is 36.5 Å². The fourth-order valence-corrected chi connectivity index (χ4v) is 3.01. The number of carbonyl (C=O) groups is 1. The molecule has 0 bridgehead atoms. The molecule has 1 saturated carbocycles. The van der Waals surface area contributed by atoms with Crippen molar-refractivity contribution in [2.24, 2.45) is 11.3 Å². The van der Waals surface area contributed by atoms with Gasteiger partial charge in [-0.1, -0.05) is 33.6 Å². The molecule has 116 valence electrons. The second-order valence-electron chi connectivity index (χ2n) is 6.53. The van der Waals surface area contributed by atoms with Crippen molar-refractivity contribution < 1.29 is 4.79 Å². The first kappa shape index (κ1) is 15.8. The highest BCUT2D eigenvalue weighted by Crippen LogP contribution is 2.37. The Kier molecular flexibility index (Phi) is 4.83. The van der Waals surface area contributed by atoms with Crippen LogP contribution in [0.2, 0.25) is 0 Å². The Morgan fingerprint density at radius 2 is 2.24 bits per heavy atom. The minimum Gasteiger partial charge on any atom is -0.349 e.